The Balaban J connectivity index is 1.72. The number of fused-ring (bicyclic) bond motifs is 1. The highest BCUT2D eigenvalue weighted by atomic mass is 16.5. The molecule has 1 fully saturated rings. The summed E-state index contributed by atoms with van der Waals surface area (Å²) in [6.45, 7) is 8.25. The standard InChI is InChI=1S/C15H20N2O/c1-13-3-2-4-15-14(13)5-6-17(15)8-7-16-9-11-18-12-10-16/h2-6H,7-12H2,1H3. The maximum atomic E-state index is 5.37. The van der Waals surface area contributed by atoms with Crippen LogP contribution in [0.5, 0.6) is 0 Å². The van der Waals surface area contributed by atoms with E-state index in [-0.39, 0.29) is 0 Å². The molecule has 3 rings (SSSR count). The average molecular weight is 244 g/mol. The van der Waals surface area contributed by atoms with Crippen molar-refractivity contribution < 1.29 is 4.74 Å². The zero-order chi connectivity index (χ0) is 12.4. The van der Waals surface area contributed by atoms with Crippen molar-refractivity contribution >= 4 is 10.9 Å². The molecule has 0 bridgehead atoms. The fraction of sp³-hybridized carbons (Fsp3) is 0.467. The Labute approximate surface area is 108 Å². The Hall–Kier alpha value is -1.32. The van der Waals surface area contributed by atoms with Crippen LogP contribution in [0.25, 0.3) is 10.9 Å². The Morgan fingerprint density at radius 1 is 1.11 bits per heavy atom. The molecule has 3 nitrogen and oxygen atoms in total. The summed E-state index contributed by atoms with van der Waals surface area (Å²) in [5.41, 5.74) is 2.71. The quantitative estimate of drug-likeness (QED) is 0.824. The number of aryl methyl sites for hydroxylation is 1. The molecule has 3 heteroatoms. The summed E-state index contributed by atoms with van der Waals surface area (Å²) < 4.78 is 7.73. The second-order valence-corrected chi connectivity index (χ2v) is 4.97. The van der Waals surface area contributed by atoms with Crippen molar-refractivity contribution in [2.45, 2.75) is 13.5 Å². The predicted molar refractivity (Wildman–Crippen MR) is 73.9 cm³/mol. The van der Waals surface area contributed by atoms with E-state index in [1.165, 1.54) is 16.5 Å². The van der Waals surface area contributed by atoms with E-state index >= 15 is 0 Å². The third-order valence-electron chi connectivity index (χ3n) is 3.79. The van der Waals surface area contributed by atoms with Gasteiger partial charge in [-0.2, -0.15) is 0 Å². The Kier molecular flexibility index (Phi) is 3.35. The number of morpholine rings is 1. The fourth-order valence-corrected chi connectivity index (χ4v) is 2.65. The first-order valence-electron chi connectivity index (χ1n) is 6.69. The van der Waals surface area contributed by atoms with E-state index in [4.69, 9.17) is 4.74 Å². The summed E-state index contributed by atoms with van der Waals surface area (Å²) in [7, 11) is 0. The van der Waals surface area contributed by atoms with Gasteiger partial charge in [-0.05, 0) is 24.6 Å². The van der Waals surface area contributed by atoms with Gasteiger partial charge in [0.2, 0.25) is 0 Å². The number of hydrogen-bond donors (Lipinski definition) is 0. The normalized spacial score (nSPS) is 17.4. The van der Waals surface area contributed by atoms with Crippen molar-refractivity contribution in [2.24, 2.45) is 0 Å². The first-order valence-corrected chi connectivity index (χ1v) is 6.69. The number of aromatic nitrogens is 1. The van der Waals surface area contributed by atoms with E-state index in [2.05, 4.69) is 46.9 Å². The molecule has 18 heavy (non-hydrogen) atoms. The predicted octanol–water partition coefficient (Wildman–Crippen LogP) is 2.28. The lowest BCUT2D eigenvalue weighted by Gasteiger charge is -2.26. The van der Waals surface area contributed by atoms with Crippen LogP contribution in [0.2, 0.25) is 0 Å². The van der Waals surface area contributed by atoms with E-state index < -0.39 is 0 Å². The summed E-state index contributed by atoms with van der Waals surface area (Å²) in [5.74, 6) is 0. The molecule has 0 amide bonds. The molecule has 0 spiro atoms. The van der Waals surface area contributed by atoms with E-state index in [0.29, 0.717) is 0 Å². The van der Waals surface area contributed by atoms with Gasteiger partial charge < -0.3 is 9.30 Å². The van der Waals surface area contributed by atoms with Crippen molar-refractivity contribution in [3.63, 3.8) is 0 Å². The van der Waals surface area contributed by atoms with Crippen molar-refractivity contribution in [3.05, 3.63) is 36.0 Å². The van der Waals surface area contributed by atoms with Gasteiger partial charge in [0.25, 0.3) is 0 Å². The fourth-order valence-electron chi connectivity index (χ4n) is 2.65. The SMILES string of the molecule is Cc1cccc2c1ccn2CCN1CCOCC1. The second-order valence-electron chi connectivity index (χ2n) is 4.97. The molecule has 2 aromatic rings. The summed E-state index contributed by atoms with van der Waals surface area (Å²) in [6, 6.07) is 8.75. The van der Waals surface area contributed by atoms with Crippen LogP contribution in [0, 0.1) is 6.92 Å². The Bertz CT molecular complexity index is 526. The van der Waals surface area contributed by atoms with Crippen LogP contribution in [-0.4, -0.2) is 42.3 Å². The lowest BCUT2D eigenvalue weighted by atomic mass is 10.1. The van der Waals surface area contributed by atoms with Gasteiger partial charge >= 0.3 is 0 Å². The highest BCUT2D eigenvalue weighted by Gasteiger charge is 2.10. The average Bonchev–Trinajstić information content (AvgIpc) is 2.82. The highest BCUT2D eigenvalue weighted by molar-refractivity contribution is 5.83. The van der Waals surface area contributed by atoms with Crippen molar-refractivity contribution in [1.82, 2.24) is 9.47 Å². The van der Waals surface area contributed by atoms with Gasteiger partial charge in [0.15, 0.2) is 0 Å². The minimum Gasteiger partial charge on any atom is -0.379 e. The van der Waals surface area contributed by atoms with E-state index in [1.54, 1.807) is 0 Å². The number of rotatable bonds is 3. The molecule has 0 N–H and O–H groups in total. The molecule has 2 heterocycles. The highest BCUT2D eigenvalue weighted by Crippen LogP contribution is 2.19. The smallest absolute Gasteiger partial charge is 0.0594 e. The number of hydrogen-bond acceptors (Lipinski definition) is 2. The van der Waals surface area contributed by atoms with E-state index in [1.807, 2.05) is 0 Å². The molecule has 1 aliphatic rings. The van der Waals surface area contributed by atoms with Crippen molar-refractivity contribution in [2.75, 3.05) is 32.8 Å². The molecule has 96 valence electrons. The van der Waals surface area contributed by atoms with Gasteiger partial charge in [0.1, 0.15) is 0 Å². The summed E-state index contributed by atoms with van der Waals surface area (Å²) >= 11 is 0. The summed E-state index contributed by atoms with van der Waals surface area (Å²) in [6.07, 6.45) is 2.21. The van der Waals surface area contributed by atoms with Crippen LogP contribution in [0.15, 0.2) is 30.5 Å². The second kappa shape index (κ2) is 5.12. The number of nitrogens with zero attached hydrogens (tertiary/aromatic N) is 2. The van der Waals surface area contributed by atoms with Gasteiger partial charge in [-0.3, -0.25) is 4.90 Å². The van der Waals surface area contributed by atoms with Crippen molar-refractivity contribution in [1.29, 1.82) is 0 Å². The van der Waals surface area contributed by atoms with Crippen LogP contribution in [0.3, 0.4) is 0 Å². The lowest BCUT2D eigenvalue weighted by molar-refractivity contribution is 0.0365. The van der Waals surface area contributed by atoms with Crippen LogP contribution < -0.4 is 0 Å². The molecular weight excluding hydrogens is 224 g/mol. The third-order valence-corrected chi connectivity index (χ3v) is 3.79. The molecule has 1 saturated heterocycles. The van der Waals surface area contributed by atoms with Gasteiger partial charge in [-0.1, -0.05) is 12.1 Å². The first kappa shape index (κ1) is 11.8. The molecule has 0 radical (unpaired) electrons. The van der Waals surface area contributed by atoms with Crippen LogP contribution >= 0.6 is 0 Å². The van der Waals surface area contributed by atoms with Crippen LogP contribution in [0.4, 0.5) is 0 Å². The molecule has 1 aromatic heterocycles. The maximum Gasteiger partial charge on any atom is 0.0594 e. The number of ether oxygens (including phenoxy) is 1. The Morgan fingerprint density at radius 3 is 2.78 bits per heavy atom. The molecule has 0 saturated carbocycles. The molecule has 0 unspecified atom stereocenters. The zero-order valence-electron chi connectivity index (χ0n) is 10.9. The van der Waals surface area contributed by atoms with E-state index in [9.17, 15) is 0 Å². The van der Waals surface area contributed by atoms with Gasteiger partial charge in [0, 0.05) is 43.3 Å². The molecular formula is C15H20N2O. The minimum atomic E-state index is 0.880. The molecule has 0 atom stereocenters. The summed E-state index contributed by atoms with van der Waals surface area (Å²) in [5, 5.41) is 1.37. The zero-order valence-corrected chi connectivity index (χ0v) is 10.9. The minimum absolute atomic E-state index is 0.880. The molecule has 1 aromatic carbocycles. The topological polar surface area (TPSA) is 17.4 Å². The lowest BCUT2D eigenvalue weighted by Crippen LogP contribution is -2.38. The van der Waals surface area contributed by atoms with Crippen LogP contribution in [0.1, 0.15) is 5.56 Å². The van der Waals surface area contributed by atoms with Crippen molar-refractivity contribution in [3.8, 4) is 0 Å². The van der Waals surface area contributed by atoms with E-state index in [0.717, 1.165) is 39.4 Å². The maximum absolute atomic E-state index is 5.37. The molecule has 0 aliphatic carbocycles. The Morgan fingerprint density at radius 2 is 1.94 bits per heavy atom. The summed E-state index contributed by atoms with van der Waals surface area (Å²) in [4.78, 5) is 2.48. The van der Waals surface area contributed by atoms with Gasteiger partial charge in [-0.15, -0.1) is 0 Å². The largest absolute Gasteiger partial charge is 0.379 e. The first-order chi connectivity index (χ1) is 8.84. The molecule has 1 aliphatic heterocycles. The van der Waals surface area contributed by atoms with Crippen LogP contribution in [-0.2, 0) is 11.3 Å². The van der Waals surface area contributed by atoms with Gasteiger partial charge in [0.05, 0.1) is 13.2 Å². The van der Waals surface area contributed by atoms with Gasteiger partial charge in [-0.25, -0.2) is 0 Å². The third kappa shape index (κ3) is 2.28. The number of benzene rings is 1. The monoisotopic (exact) mass is 244 g/mol.